The smallest absolute Gasteiger partial charge is 0.350 e. The maximum absolute atomic E-state index is 11.9. The monoisotopic (exact) mass is 341 g/mol. The topological polar surface area (TPSA) is 83.1 Å². The van der Waals surface area contributed by atoms with Crippen LogP contribution in [-0.2, 0) is 19.1 Å². The number of hydrogen-bond donors (Lipinski definition) is 1. The lowest BCUT2D eigenvalue weighted by Gasteiger charge is -2.29. The first kappa shape index (κ1) is 17.0. The van der Waals surface area contributed by atoms with Crippen molar-refractivity contribution in [3.05, 3.63) is 28.9 Å². The van der Waals surface area contributed by atoms with Crippen LogP contribution in [0.4, 0.5) is 5.69 Å². The van der Waals surface area contributed by atoms with Gasteiger partial charge in [0.25, 0.3) is 5.79 Å². The third kappa shape index (κ3) is 3.68. The van der Waals surface area contributed by atoms with Crippen LogP contribution in [0.25, 0.3) is 0 Å². The molecule has 0 saturated carbocycles. The number of esters is 2. The van der Waals surface area contributed by atoms with E-state index in [1.807, 2.05) is 0 Å². The second kappa shape index (κ2) is 6.37. The summed E-state index contributed by atoms with van der Waals surface area (Å²) >= 11 is 6.05. The standard InChI is InChI=1S/C15H16ClNO6/c1-15(2)22-13(18)8(14(19)23-15)7-17-10-5-9(16)11(20-3)6-12(10)21-4/h5-7,17H,1-4H3. The highest BCUT2D eigenvalue weighted by Gasteiger charge is 2.39. The van der Waals surface area contributed by atoms with E-state index in [9.17, 15) is 9.59 Å². The molecule has 0 radical (unpaired) electrons. The Bertz CT molecular complexity index is 661. The Labute approximate surface area is 138 Å². The first-order chi connectivity index (χ1) is 10.8. The molecule has 23 heavy (non-hydrogen) atoms. The molecule has 1 aromatic carbocycles. The molecule has 0 aromatic heterocycles. The molecule has 0 unspecified atom stereocenters. The minimum atomic E-state index is -1.29. The van der Waals surface area contributed by atoms with E-state index in [0.29, 0.717) is 22.2 Å². The van der Waals surface area contributed by atoms with Crippen molar-refractivity contribution in [2.24, 2.45) is 0 Å². The van der Waals surface area contributed by atoms with Crippen LogP contribution in [-0.4, -0.2) is 31.9 Å². The molecule has 1 aromatic rings. The average molecular weight is 342 g/mol. The number of halogens is 1. The van der Waals surface area contributed by atoms with E-state index in [1.165, 1.54) is 34.3 Å². The molecule has 1 N–H and O–H groups in total. The number of methoxy groups -OCH3 is 2. The fourth-order valence-corrected chi connectivity index (χ4v) is 2.14. The van der Waals surface area contributed by atoms with Gasteiger partial charge in [-0.15, -0.1) is 0 Å². The maximum atomic E-state index is 11.9. The van der Waals surface area contributed by atoms with Gasteiger partial charge in [-0.25, -0.2) is 9.59 Å². The van der Waals surface area contributed by atoms with Crippen LogP contribution in [0.2, 0.25) is 5.02 Å². The van der Waals surface area contributed by atoms with Crippen molar-refractivity contribution < 1.29 is 28.5 Å². The molecule has 7 nitrogen and oxygen atoms in total. The predicted molar refractivity (Wildman–Crippen MR) is 82.5 cm³/mol. The summed E-state index contributed by atoms with van der Waals surface area (Å²) in [6.45, 7) is 2.94. The van der Waals surface area contributed by atoms with Gasteiger partial charge >= 0.3 is 11.9 Å². The number of anilines is 1. The molecule has 0 atom stereocenters. The van der Waals surface area contributed by atoms with E-state index in [-0.39, 0.29) is 5.57 Å². The Balaban J connectivity index is 2.28. The van der Waals surface area contributed by atoms with Gasteiger partial charge in [-0.05, 0) is 6.07 Å². The normalized spacial score (nSPS) is 16.3. The zero-order valence-electron chi connectivity index (χ0n) is 13.1. The highest BCUT2D eigenvalue weighted by atomic mass is 35.5. The molecule has 0 spiro atoms. The number of ether oxygens (including phenoxy) is 4. The zero-order valence-corrected chi connectivity index (χ0v) is 13.8. The Kier molecular flexibility index (Phi) is 4.70. The summed E-state index contributed by atoms with van der Waals surface area (Å²) < 4.78 is 20.3. The number of rotatable bonds is 4. The van der Waals surface area contributed by atoms with Crippen LogP contribution >= 0.6 is 11.6 Å². The van der Waals surface area contributed by atoms with Crippen molar-refractivity contribution >= 4 is 29.2 Å². The molecule has 1 fully saturated rings. The van der Waals surface area contributed by atoms with Gasteiger partial charge < -0.3 is 24.3 Å². The summed E-state index contributed by atoms with van der Waals surface area (Å²) in [5.41, 5.74) is 0.176. The fourth-order valence-electron chi connectivity index (χ4n) is 1.90. The molecule has 124 valence electrons. The number of carbonyl (C=O) groups excluding carboxylic acids is 2. The Morgan fingerprint density at radius 2 is 1.65 bits per heavy atom. The summed E-state index contributed by atoms with van der Waals surface area (Å²) in [5.74, 6) is -2.00. The van der Waals surface area contributed by atoms with Gasteiger partial charge in [0, 0.05) is 26.1 Å². The van der Waals surface area contributed by atoms with Crippen molar-refractivity contribution in [3.63, 3.8) is 0 Å². The van der Waals surface area contributed by atoms with Crippen molar-refractivity contribution in [3.8, 4) is 11.5 Å². The average Bonchev–Trinajstić information content (AvgIpc) is 2.45. The Hall–Kier alpha value is -2.41. The van der Waals surface area contributed by atoms with Gasteiger partial charge in [-0.2, -0.15) is 0 Å². The van der Waals surface area contributed by atoms with Gasteiger partial charge in [-0.1, -0.05) is 11.6 Å². The predicted octanol–water partition coefficient (Wildman–Crippen LogP) is 2.49. The number of benzene rings is 1. The van der Waals surface area contributed by atoms with Crippen LogP contribution in [0.15, 0.2) is 23.9 Å². The fraction of sp³-hybridized carbons (Fsp3) is 0.333. The molecule has 0 amide bonds. The highest BCUT2D eigenvalue weighted by molar-refractivity contribution is 6.32. The van der Waals surface area contributed by atoms with Gasteiger partial charge in [-0.3, -0.25) is 0 Å². The van der Waals surface area contributed by atoms with Crippen molar-refractivity contribution in [1.29, 1.82) is 0 Å². The summed E-state index contributed by atoms with van der Waals surface area (Å²) in [7, 11) is 2.94. The van der Waals surface area contributed by atoms with E-state index < -0.39 is 17.7 Å². The lowest BCUT2D eigenvalue weighted by molar-refractivity contribution is -0.222. The van der Waals surface area contributed by atoms with Gasteiger partial charge in [0.1, 0.15) is 11.5 Å². The van der Waals surface area contributed by atoms with E-state index >= 15 is 0 Å². The second-order valence-corrected chi connectivity index (χ2v) is 5.48. The van der Waals surface area contributed by atoms with Gasteiger partial charge in [0.15, 0.2) is 5.57 Å². The summed E-state index contributed by atoms with van der Waals surface area (Å²) in [6.07, 6.45) is 1.18. The van der Waals surface area contributed by atoms with Crippen molar-refractivity contribution in [1.82, 2.24) is 0 Å². The molecular weight excluding hydrogens is 326 g/mol. The van der Waals surface area contributed by atoms with Crippen LogP contribution < -0.4 is 14.8 Å². The summed E-state index contributed by atoms with van der Waals surface area (Å²) in [6, 6.07) is 3.11. The Morgan fingerprint density at radius 3 is 2.17 bits per heavy atom. The molecule has 1 aliphatic rings. The summed E-state index contributed by atoms with van der Waals surface area (Å²) in [4.78, 5) is 23.7. The minimum absolute atomic E-state index is 0.265. The third-order valence-corrected chi connectivity index (χ3v) is 3.26. The van der Waals surface area contributed by atoms with E-state index in [0.717, 1.165) is 0 Å². The van der Waals surface area contributed by atoms with Crippen LogP contribution in [0.5, 0.6) is 11.5 Å². The number of cyclic esters (lactones) is 2. The molecule has 1 saturated heterocycles. The molecule has 1 heterocycles. The molecule has 8 heteroatoms. The second-order valence-electron chi connectivity index (χ2n) is 5.07. The van der Waals surface area contributed by atoms with Crippen LogP contribution in [0.1, 0.15) is 13.8 Å². The van der Waals surface area contributed by atoms with E-state index in [2.05, 4.69) is 5.32 Å². The van der Waals surface area contributed by atoms with Crippen LogP contribution in [0.3, 0.4) is 0 Å². The SMILES string of the molecule is COc1cc(OC)c(NC=C2C(=O)OC(C)(C)OC2=O)cc1Cl. The Morgan fingerprint density at radius 1 is 1.09 bits per heavy atom. The van der Waals surface area contributed by atoms with Gasteiger partial charge in [0.2, 0.25) is 0 Å². The molecular formula is C15H16ClNO6. The molecule has 1 aliphatic heterocycles. The quantitative estimate of drug-likeness (QED) is 0.511. The number of hydrogen-bond acceptors (Lipinski definition) is 7. The minimum Gasteiger partial charge on any atom is -0.495 e. The van der Waals surface area contributed by atoms with Crippen molar-refractivity contribution in [2.45, 2.75) is 19.6 Å². The lowest BCUT2D eigenvalue weighted by Crippen LogP contribution is -2.42. The summed E-state index contributed by atoms with van der Waals surface area (Å²) in [5, 5.41) is 3.12. The first-order valence-corrected chi connectivity index (χ1v) is 7.00. The zero-order chi connectivity index (χ0) is 17.2. The van der Waals surface area contributed by atoms with Gasteiger partial charge in [0.05, 0.1) is 24.9 Å². The maximum Gasteiger partial charge on any atom is 0.350 e. The molecule has 2 rings (SSSR count). The highest BCUT2D eigenvalue weighted by Crippen LogP contribution is 2.36. The van der Waals surface area contributed by atoms with E-state index in [4.69, 9.17) is 30.5 Å². The number of nitrogens with one attached hydrogen (secondary N) is 1. The van der Waals surface area contributed by atoms with Crippen molar-refractivity contribution in [2.75, 3.05) is 19.5 Å². The third-order valence-electron chi connectivity index (χ3n) is 2.96. The lowest BCUT2D eigenvalue weighted by atomic mass is 10.2. The van der Waals surface area contributed by atoms with E-state index in [1.54, 1.807) is 12.1 Å². The molecule has 0 aliphatic carbocycles. The first-order valence-electron chi connectivity index (χ1n) is 6.62. The van der Waals surface area contributed by atoms with Crippen LogP contribution in [0, 0.1) is 0 Å². The largest absolute Gasteiger partial charge is 0.495 e. The number of carbonyl (C=O) groups is 2. The molecule has 0 bridgehead atoms.